The third kappa shape index (κ3) is 1.83. The maximum Gasteiger partial charge on any atom is 0.323 e. The molecule has 2 aliphatic heterocycles. The minimum absolute atomic E-state index is 0.343. The lowest BCUT2D eigenvalue weighted by atomic mass is 10.0. The molecule has 6 nitrogen and oxygen atoms in total. The molecule has 2 fully saturated rings. The van der Waals surface area contributed by atoms with Crippen molar-refractivity contribution in [1.29, 1.82) is 0 Å². The van der Waals surface area contributed by atoms with Crippen molar-refractivity contribution in [2.24, 2.45) is 11.8 Å². The largest absolute Gasteiger partial charge is 0.480 e. The smallest absolute Gasteiger partial charge is 0.323 e. The lowest BCUT2D eigenvalue weighted by molar-refractivity contribution is -0.136. The Hall–Kier alpha value is -0.660. The number of carboxylic acid groups (broad SMARTS) is 1. The zero-order valence-electron chi connectivity index (χ0n) is 9.09. The lowest BCUT2D eigenvalue weighted by Gasteiger charge is -2.19. The fourth-order valence-corrected chi connectivity index (χ4v) is 3.87. The Balaban J connectivity index is 2.12. The summed E-state index contributed by atoms with van der Waals surface area (Å²) in [7, 11) is -3.67. The predicted molar refractivity (Wildman–Crippen MR) is 57.4 cm³/mol. The van der Waals surface area contributed by atoms with E-state index >= 15 is 0 Å². The molecule has 2 saturated heterocycles. The summed E-state index contributed by atoms with van der Waals surface area (Å²) in [5.41, 5.74) is 0. The number of nitrogens with zero attached hydrogens (tertiary/aromatic N) is 1. The van der Waals surface area contributed by atoms with Gasteiger partial charge in [0, 0.05) is 13.1 Å². The monoisotopic (exact) mass is 248 g/mol. The summed E-state index contributed by atoms with van der Waals surface area (Å²) < 4.78 is 25.2. The van der Waals surface area contributed by atoms with Gasteiger partial charge in [0.15, 0.2) is 5.25 Å². The molecule has 3 unspecified atom stereocenters. The molecule has 0 aliphatic carbocycles. The molecule has 0 aromatic heterocycles. The van der Waals surface area contributed by atoms with Crippen LogP contribution in [0.4, 0.5) is 0 Å². The third-order valence-electron chi connectivity index (χ3n) is 3.51. The maximum atomic E-state index is 11.9. The van der Waals surface area contributed by atoms with Gasteiger partial charge < -0.3 is 10.4 Å². The van der Waals surface area contributed by atoms with Crippen molar-refractivity contribution in [2.75, 3.05) is 26.2 Å². The maximum absolute atomic E-state index is 11.9. The van der Waals surface area contributed by atoms with Gasteiger partial charge in [-0.2, -0.15) is 0 Å². The van der Waals surface area contributed by atoms with E-state index in [0.29, 0.717) is 24.9 Å². The van der Waals surface area contributed by atoms with E-state index in [1.165, 1.54) is 11.2 Å². The number of carbonyl (C=O) groups is 1. The standard InChI is InChI=1S/C9H16N2O4S/c1-6(9(12)13)16(14,15)11-4-7-2-10-3-8(7)5-11/h6-8,10H,2-5H2,1H3,(H,12,13). The molecule has 2 rings (SSSR count). The van der Waals surface area contributed by atoms with Gasteiger partial charge in [-0.3, -0.25) is 4.79 Å². The summed E-state index contributed by atoms with van der Waals surface area (Å²) in [4.78, 5) is 10.7. The minimum atomic E-state index is -3.67. The van der Waals surface area contributed by atoms with Crippen LogP contribution in [0, 0.1) is 11.8 Å². The highest BCUT2D eigenvalue weighted by Crippen LogP contribution is 2.29. The molecule has 2 aliphatic rings. The number of carboxylic acids is 1. The number of hydrogen-bond acceptors (Lipinski definition) is 4. The van der Waals surface area contributed by atoms with Crippen LogP contribution in [0.15, 0.2) is 0 Å². The highest BCUT2D eigenvalue weighted by Gasteiger charge is 2.44. The minimum Gasteiger partial charge on any atom is -0.480 e. The second-order valence-corrected chi connectivity index (χ2v) is 6.77. The first-order valence-electron chi connectivity index (χ1n) is 5.35. The number of sulfonamides is 1. The molecule has 2 N–H and O–H groups in total. The topological polar surface area (TPSA) is 86.7 Å². The van der Waals surface area contributed by atoms with Crippen molar-refractivity contribution < 1.29 is 18.3 Å². The van der Waals surface area contributed by atoms with Crippen LogP contribution in [0.5, 0.6) is 0 Å². The Bertz CT molecular complexity index is 382. The summed E-state index contributed by atoms with van der Waals surface area (Å²) in [5, 5.41) is 10.6. The normalized spacial score (nSPS) is 32.6. The Morgan fingerprint density at radius 2 is 1.88 bits per heavy atom. The van der Waals surface area contributed by atoms with Gasteiger partial charge in [-0.05, 0) is 31.8 Å². The van der Waals surface area contributed by atoms with Crippen LogP contribution >= 0.6 is 0 Å². The summed E-state index contributed by atoms with van der Waals surface area (Å²) in [6.07, 6.45) is 0. The van der Waals surface area contributed by atoms with Crippen LogP contribution in [-0.4, -0.2) is 55.2 Å². The molecule has 0 aromatic rings. The second kappa shape index (κ2) is 3.97. The van der Waals surface area contributed by atoms with Crippen molar-refractivity contribution in [1.82, 2.24) is 9.62 Å². The summed E-state index contributed by atoms with van der Waals surface area (Å²) in [6, 6.07) is 0. The fourth-order valence-electron chi connectivity index (χ4n) is 2.37. The van der Waals surface area contributed by atoms with Gasteiger partial charge >= 0.3 is 5.97 Å². The lowest BCUT2D eigenvalue weighted by Crippen LogP contribution is -2.41. The Morgan fingerprint density at radius 3 is 2.31 bits per heavy atom. The van der Waals surface area contributed by atoms with Crippen molar-refractivity contribution >= 4 is 16.0 Å². The van der Waals surface area contributed by atoms with E-state index in [2.05, 4.69) is 5.32 Å². The molecule has 2 heterocycles. The molecule has 92 valence electrons. The first kappa shape index (κ1) is 11.8. The molecule has 7 heteroatoms. The van der Waals surface area contributed by atoms with E-state index < -0.39 is 21.2 Å². The van der Waals surface area contributed by atoms with Gasteiger partial charge in [0.25, 0.3) is 0 Å². The number of aliphatic carboxylic acids is 1. The van der Waals surface area contributed by atoms with Crippen LogP contribution in [-0.2, 0) is 14.8 Å². The average molecular weight is 248 g/mol. The molecule has 0 aromatic carbocycles. The zero-order chi connectivity index (χ0) is 11.9. The van der Waals surface area contributed by atoms with E-state index in [0.717, 1.165) is 13.1 Å². The van der Waals surface area contributed by atoms with Gasteiger partial charge in [0.1, 0.15) is 0 Å². The van der Waals surface area contributed by atoms with Gasteiger partial charge in [0.05, 0.1) is 0 Å². The quantitative estimate of drug-likeness (QED) is 0.665. The molecule has 0 spiro atoms. The molecule has 3 atom stereocenters. The molecule has 0 amide bonds. The van der Waals surface area contributed by atoms with E-state index in [1.807, 2.05) is 0 Å². The number of rotatable bonds is 3. The summed E-state index contributed by atoms with van der Waals surface area (Å²) in [6.45, 7) is 3.80. The highest BCUT2D eigenvalue weighted by atomic mass is 32.2. The Morgan fingerprint density at radius 1 is 1.38 bits per heavy atom. The number of hydrogen-bond donors (Lipinski definition) is 2. The molecular weight excluding hydrogens is 232 g/mol. The van der Waals surface area contributed by atoms with Gasteiger partial charge in [-0.15, -0.1) is 0 Å². The van der Waals surface area contributed by atoms with Crippen molar-refractivity contribution in [2.45, 2.75) is 12.2 Å². The first-order chi connectivity index (χ1) is 7.43. The van der Waals surface area contributed by atoms with Gasteiger partial charge in [-0.1, -0.05) is 0 Å². The summed E-state index contributed by atoms with van der Waals surface area (Å²) >= 11 is 0. The number of nitrogens with one attached hydrogen (secondary N) is 1. The van der Waals surface area contributed by atoms with Crippen LogP contribution in [0.25, 0.3) is 0 Å². The predicted octanol–water partition coefficient (Wildman–Crippen LogP) is -1.06. The van der Waals surface area contributed by atoms with E-state index in [4.69, 9.17) is 5.11 Å². The second-order valence-electron chi connectivity index (χ2n) is 4.52. The number of fused-ring (bicyclic) bond motifs is 1. The van der Waals surface area contributed by atoms with Crippen LogP contribution in [0.2, 0.25) is 0 Å². The van der Waals surface area contributed by atoms with E-state index in [1.54, 1.807) is 0 Å². The molecular formula is C9H16N2O4S. The Labute approximate surface area is 94.7 Å². The van der Waals surface area contributed by atoms with E-state index in [-0.39, 0.29) is 0 Å². The summed E-state index contributed by atoms with van der Waals surface area (Å²) in [5.74, 6) is -0.596. The van der Waals surface area contributed by atoms with Crippen LogP contribution in [0.1, 0.15) is 6.92 Å². The van der Waals surface area contributed by atoms with E-state index in [9.17, 15) is 13.2 Å². The van der Waals surface area contributed by atoms with Crippen LogP contribution in [0.3, 0.4) is 0 Å². The molecule has 0 radical (unpaired) electrons. The molecule has 16 heavy (non-hydrogen) atoms. The molecule has 0 bridgehead atoms. The highest BCUT2D eigenvalue weighted by molar-refractivity contribution is 7.90. The fraction of sp³-hybridized carbons (Fsp3) is 0.889. The SMILES string of the molecule is CC(C(=O)O)S(=O)(=O)N1CC2CNCC2C1. The van der Waals surface area contributed by atoms with Gasteiger partial charge in [-0.25, -0.2) is 12.7 Å². The van der Waals surface area contributed by atoms with Crippen molar-refractivity contribution in [3.63, 3.8) is 0 Å². The zero-order valence-corrected chi connectivity index (χ0v) is 9.90. The molecule has 0 saturated carbocycles. The van der Waals surface area contributed by atoms with Crippen molar-refractivity contribution in [3.8, 4) is 0 Å². The Kier molecular flexibility index (Phi) is 2.93. The average Bonchev–Trinajstić information content (AvgIpc) is 2.74. The third-order valence-corrected chi connectivity index (χ3v) is 5.62. The van der Waals surface area contributed by atoms with Crippen LogP contribution < -0.4 is 5.32 Å². The van der Waals surface area contributed by atoms with Crippen molar-refractivity contribution in [3.05, 3.63) is 0 Å². The first-order valence-corrected chi connectivity index (χ1v) is 6.85. The van der Waals surface area contributed by atoms with Gasteiger partial charge in [0.2, 0.25) is 10.0 Å².